The first-order valence-corrected chi connectivity index (χ1v) is 7.56. The highest BCUT2D eigenvalue weighted by Gasteiger charge is 2.24. The largest absolute Gasteiger partial charge is 0.496 e. The van der Waals surface area contributed by atoms with Crippen LogP contribution >= 0.6 is 0 Å². The second-order valence-corrected chi connectivity index (χ2v) is 5.49. The molecule has 0 aliphatic heterocycles. The van der Waals surface area contributed by atoms with Crippen LogP contribution in [0.4, 0.5) is 0 Å². The molecule has 2 rings (SSSR count). The Bertz CT molecular complexity index is 554. The predicted octanol–water partition coefficient (Wildman–Crippen LogP) is 3.00. The number of carboxylic acid groups (broad SMARTS) is 1. The van der Waals surface area contributed by atoms with Gasteiger partial charge in [-0.2, -0.15) is 0 Å². The first-order valence-electron chi connectivity index (χ1n) is 7.56. The standard InChI is InChI=1S/C9H17NO3.C8H8O/c1-4-6(3)8(9(12)13)10-7(11)5-2;1-5-3-6-4-7(9-2)8(5)6/h6,8H,4-5H2,1-3H3,(H,10,11)(H,12,13);3-4H,1-2H3. The number of ether oxygens (including phenoxy) is 1. The van der Waals surface area contributed by atoms with Gasteiger partial charge in [-0.15, -0.1) is 0 Å². The fourth-order valence-electron chi connectivity index (χ4n) is 2.23. The van der Waals surface area contributed by atoms with Crippen LogP contribution in [0.5, 0.6) is 5.75 Å². The number of aryl methyl sites for hydroxylation is 1. The molecule has 0 heterocycles. The van der Waals surface area contributed by atoms with Gasteiger partial charge in [0, 0.05) is 12.0 Å². The van der Waals surface area contributed by atoms with E-state index in [1.807, 2.05) is 13.8 Å². The highest BCUT2D eigenvalue weighted by molar-refractivity contribution is 5.88. The summed E-state index contributed by atoms with van der Waals surface area (Å²) < 4.78 is 5.05. The van der Waals surface area contributed by atoms with Crippen LogP contribution in [-0.2, 0) is 9.59 Å². The molecule has 0 fully saturated rings. The molecular formula is C17H25NO4. The van der Waals surface area contributed by atoms with Crippen molar-refractivity contribution in [1.82, 2.24) is 5.32 Å². The van der Waals surface area contributed by atoms with E-state index in [4.69, 9.17) is 9.84 Å². The summed E-state index contributed by atoms with van der Waals surface area (Å²) in [5.41, 5.74) is 4.03. The molecule has 2 atom stereocenters. The van der Waals surface area contributed by atoms with Crippen molar-refractivity contribution < 1.29 is 19.4 Å². The van der Waals surface area contributed by atoms with Gasteiger partial charge in [0.1, 0.15) is 11.8 Å². The van der Waals surface area contributed by atoms with E-state index in [0.29, 0.717) is 6.42 Å². The van der Waals surface area contributed by atoms with E-state index in [2.05, 4.69) is 24.4 Å². The lowest BCUT2D eigenvalue weighted by Gasteiger charge is -2.23. The molecule has 0 saturated carbocycles. The zero-order valence-corrected chi connectivity index (χ0v) is 13.9. The monoisotopic (exact) mass is 307 g/mol. The predicted molar refractivity (Wildman–Crippen MR) is 86.0 cm³/mol. The average Bonchev–Trinajstić information content (AvgIpc) is 2.48. The number of fused-ring (bicyclic) bond motifs is 1. The number of hydrogen-bond donors (Lipinski definition) is 2. The highest BCUT2D eigenvalue weighted by Crippen LogP contribution is 2.46. The molecule has 2 N–H and O–H groups in total. The van der Waals surface area contributed by atoms with Crippen LogP contribution in [0.25, 0.3) is 11.1 Å². The summed E-state index contributed by atoms with van der Waals surface area (Å²) in [6, 6.07) is 3.47. The molecule has 2 unspecified atom stereocenters. The third-order valence-corrected chi connectivity index (χ3v) is 3.92. The molecule has 22 heavy (non-hydrogen) atoms. The summed E-state index contributed by atoms with van der Waals surface area (Å²) >= 11 is 0. The van der Waals surface area contributed by atoms with Crippen LogP contribution < -0.4 is 10.1 Å². The molecule has 1 amide bonds. The second kappa shape index (κ2) is 7.82. The minimum Gasteiger partial charge on any atom is -0.496 e. The number of carbonyl (C=O) groups excluding carboxylic acids is 1. The Morgan fingerprint density at radius 3 is 2.27 bits per heavy atom. The van der Waals surface area contributed by atoms with Gasteiger partial charge in [-0.3, -0.25) is 4.79 Å². The lowest BCUT2D eigenvalue weighted by atomic mass is 9.86. The Morgan fingerprint density at radius 1 is 1.32 bits per heavy atom. The first-order chi connectivity index (χ1) is 10.3. The molecule has 2 aliphatic rings. The van der Waals surface area contributed by atoms with Crippen LogP contribution in [0.1, 0.15) is 39.2 Å². The molecule has 0 aromatic rings. The number of carboxylic acids is 1. The van der Waals surface area contributed by atoms with Crippen LogP contribution in [-0.4, -0.2) is 30.1 Å². The Labute approximate surface area is 131 Å². The van der Waals surface area contributed by atoms with Crippen molar-refractivity contribution in [1.29, 1.82) is 0 Å². The van der Waals surface area contributed by atoms with Gasteiger partial charge in [-0.25, -0.2) is 4.79 Å². The Kier molecular flexibility index (Phi) is 6.40. The molecule has 2 aliphatic carbocycles. The van der Waals surface area contributed by atoms with E-state index in [0.717, 1.165) is 12.2 Å². The number of rotatable bonds is 6. The van der Waals surface area contributed by atoms with Gasteiger partial charge in [-0.05, 0) is 30.0 Å². The lowest BCUT2D eigenvalue weighted by Crippen LogP contribution is -2.44. The fourth-order valence-corrected chi connectivity index (χ4v) is 2.23. The van der Waals surface area contributed by atoms with E-state index < -0.39 is 12.0 Å². The van der Waals surface area contributed by atoms with Crippen LogP contribution in [0.2, 0.25) is 0 Å². The van der Waals surface area contributed by atoms with Gasteiger partial charge in [0.15, 0.2) is 0 Å². The van der Waals surface area contributed by atoms with E-state index in [1.54, 1.807) is 14.0 Å². The number of methoxy groups -OCH3 is 1. The summed E-state index contributed by atoms with van der Waals surface area (Å²) in [5, 5.41) is 11.3. The molecule has 0 aromatic heterocycles. The number of carbonyl (C=O) groups is 2. The minimum absolute atomic E-state index is 0.0343. The summed E-state index contributed by atoms with van der Waals surface area (Å²) in [5.74, 6) is -0.165. The van der Waals surface area contributed by atoms with E-state index >= 15 is 0 Å². The van der Waals surface area contributed by atoms with E-state index in [-0.39, 0.29) is 11.8 Å². The average molecular weight is 307 g/mol. The van der Waals surface area contributed by atoms with Gasteiger partial charge >= 0.3 is 5.97 Å². The van der Waals surface area contributed by atoms with Gasteiger partial charge < -0.3 is 15.2 Å². The minimum atomic E-state index is -0.962. The lowest BCUT2D eigenvalue weighted by molar-refractivity contribution is -0.143. The van der Waals surface area contributed by atoms with Crippen molar-refractivity contribution in [3.63, 3.8) is 0 Å². The topological polar surface area (TPSA) is 75.6 Å². The molecule has 5 nitrogen and oxygen atoms in total. The zero-order chi connectivity index (χ0) is 16.9. The number of benzene rings is 1. The number of nitrogens with one attached hydrogen (secondary N) is 1. The third kappa shape index (κ3) is 4.00. The van der Waals surface area contributed by atoms with E-state index in [1.165, 1.54) is 16.7 Å². The van der Waals surface area contributed by atoms with E-state index in [9.17, 15) is 9.59 Å². The quantitative estimate of drug-likeness (QED) is 0.860. The Hall–Kier alpha value is -2.04. The van der Waals surface area contributed by atoms with Crippen molar-refractivity contribution in [2.24, 2.45) is 5.92 Å². The summed E-state index contributed by atoms with van der Waals surface area (Å²) in [7, 11) is 1.71. The Morgan fingerprint density at radius 2 is 1.95 bits per heavy atom. The van der Waals surface area contributed by atoms with Gasteiger partial charge in [-0.1, -0.05) is 33.3 Å². The normalized spacial score (nSPS) is 13.3. The van der Waals surface area contributed by atoms with Crippen molar-refractivity contribution in [3.8, 4) is 16.9 Å². The van der Waals surface area contributed by atoms with Gasteiger partial charge in [0.25, 0.3) is 0 Å². The number of amides is 1. The highest BCUT2D eigenvalue weighted by atomic mass is 16.5. The molecule has 0 radical (unpaired) electrons. The summed E-state index contributed by atoms with van der Waals surface area (Å²) in [6.07, 6.45) is 1.06. The maximum atomic E-state index is 11.0. The second-order valence-electron chi connectivity index (χ2n) is 5.49. The molecule has 0 spiro atoms. The van der Waals surface area contributed by atoms with Crippen LogP contribution in [0, 0.1) is 12.8 Å². The van der Waals surface area contributed by atoms with Crippen molar-refractivity contribution >= 4 is 11.9 Å². The molecule has 0 saturated heterocycles. The maximum Gasteiger partial charge on any atom is 0.326 e. The SMILES string of the molecule is CCC(=O)NC(C(=O)O)C(C)CC.COc1cc2cc(C)c1-2. The summed E-state index contributed by atoms with van der Waals surface area (Å²) in [6.45, 7) is 7.52. The zero-order valence-electron chi connectivity index (χ0n) is 13.9. The molecule has 0 aromatic carbocycles. The smallest absolute Gasteiger partial charge is 0.326 e. The van der Waals surface area contributed by atoms with Crippen LogP contribution in [0.3, 0.4) is 0 Å². The maximum absolute atomic E-state index is 11.0. The third-order valence-electron chi connectivity index (χ3n) is 3.92. The van der Waals surface area contributed by atoms with Crippen molar-refractivity contribution in [2.45, 2.75) is 46.6 Å². The molecule has 5 heteroatoms. The van der Waals surface area contributed by atoms with Crippen LogP contribution in [0.15, 0.2) is 12.1 Å². The number of aliphatic carboxylic acids is 1. The van der Waals surface area contributed by atoms with Crippen molar-refractivity contribution in [2.75, 3.05) is 7.11 Å². The van der Waals surface area contributed by atoms with Gasteiger partial charge in [0.05, 0.1) is 7.11 Å². The summed E-state index contributed by atoms with van der Waals surface area (Å²) in [4.78, 5) is 21.7. The first kappa shape index (κ1) is 18.0. The molecule has 0 bridgehead atoms. The number of hydrogen-bond acceptors (Lipinski definition) is 3. The Balaban J connectivity index is 0.000000231. The van der Waals surface area contributed by atoms with Gasteiger partial charge in [0.2, 0.25) is 5.91 Å². The fraction of sp³-hybridized carbons (Fsp3) is 0.529. The van der Waals surface area contributed by atoms with Crippen molar-refractivity contribution in [3.05, 3.63) is 17.7 Å². The molecular weight excluding hydrogens is 282 g/mol. The molecule has 122 valence electrons.